The normalized spacial score (nSPS) is 14.1. The molecule has 0 radical (unpaired) electrons. The summed E-state index contributed by atoms with van der Waals surface area (Å²) >= 11 is 3.01. The van der Waals surface area contributed by atoms with E-state index >= 15 is 0 Å². The highest BCUT2D eigenvalue weighted by molar-refractivity contribution is 9.10. The molecule has 122 valence electrons. The summed E-state index contributed by atoms with van der Waals surface area (Å²) < 4.78 is 87.7. The third-order valence-corrected chi connectivity index (χ3v) is 3.00. The second kappa shape index (κ2) is 5.90. The van der Waals surface area contributed by atoms with Crippen molar-refractivity contribution in [3.63, 3.8) is 0 Å². The van der Waals surface area contributed by atoms with Crippen LogP contribution in [0.15, 0.2) is 34.8 Å². The Balaban J connectivity index is 3.14. The largest absolute Gasteiger partial charge is 0.507 e. The fraction of sp³-hybridized carbons (Fsp3) is 0.250. The molecule has 1 rings (SSSR count). The average Bonchev–Trinajstić information content (AvgIpc) is 2.37. The van der Waals surface area contributed by atoms with Crippen molar-refractivity contribution in [2.24, 2.45) is 0 Å². The molecule has 1 N–H and O–H groups in total. The first-order chi connectivity index (χ1) is 9.80. The summed E-state index contributed by atoms with van der Waals surface area (Å²) in [5, 5.41) is 9.38. The zero-order valence-corrected chi connectivity index (χ0v) is 11.9. The van der Waals surface area contributed by atoms with Gasteiger partial charge in [-0.05, 0) is 12.1 Å². The summed E-state index contributed by atoms with van der Waals surface area (Å²) in [6, 6.07) is 4.91. The number of alkyl halides is 7. The van der Waals surface area contributed by atoms with E-state index in [1.165, 1.54) is 12.1 Å². The summed E-state index contributed by atoms with van der Waals surface area (Å²) in [6.45, 7) is 0. The van der Waals surface area contributed by atoms with Gasteiger partial charge in [0.25, 0.3) is 0 Å². The Kier molecular flexibility index (Phi) is 4.95. The molecule has 0 saturated carbocycles. The van der Waals surface area contributed by atoms with Crippen LogP contribution in [0.1, 0.15) is 5.56 Å². The van der Waals surface area contributed by atoms with E-state index in [2.05, 4.69) is 15.9 Å². The van der Waals surface area contributed by atoms with Gasteiger partial charge in [0.05, 0.1) is 0 Å². The van der Waals surface area contributed by atoms with E-state index in [0.717, 1.165) is 12.1 Å². The molecule has 22 heavy (non-hydrogen) atoms. The highest BCUT2D eigenvalue weighted by Crippen LogP contribution is 2.47. The first-order valence-corrected chi connectivity index (χ1v) is 6.13. The molecule has 0 aromatic heterocycles. The Morgan fingerprint density at radius 1 is 1.00 bits per heavy atom. The molecule has 0 aliphatic heterocycles. The van der Waals surface area contributed by atoms with Crippen LogP contribution in [0.5, 0.6) is 0 Å². The van der Waals surface area contributed by atoms with Gasteiger partial charge in [0.1, 0.15) is 5.76 Å². The smallest absolute Gasteiger partial charge is 0.460 e. The second-order valence-electron chi connectivity index (χ2n) is 4.05. The van der Waals surface area contributed by atoms with Gasteiger partial charge >= 0.3 is 18.0 Å². The van der Waals surface area contributed by atoms with Crippen LogP contribution >= 0.6 is 15.9 Å². The molecule has 0 aliphatic carbocycles. The zero-order valence-electron chi connectivity index (χ0n) is 10.3. The van der Waals surface area contributed by atoms with E-state index in [4.69, 9.17) is 0 Å². The third kappa shape index (κ3) is 3.42. The number of benzene rings is 1. The van der Waals surface area contributed by atoms with Crippen LogP contribution in [-0.2, 0) is 4.79 Å². The first kappa shape index (κ1) is 18.5. The van der Waals surface area contributed by atoms with Crippen LogP contribution < -0.4 is 0 Å². The van der Waals surface area contributed by atoms with Crippen LogP contribution in [0.4, 0.5) is 30.7 Å². The molecule has 0 bridgehead atoms. The molecule has 0 fully saturated rings. The number of halogens is 8. The third-order valence-electron chi connectivity index (χ3n) is 2.47. The Hall–Kier alpha value is -1.58. The van der Waals surface area contributed by atoms with Crippen LogP contribution in [0.25, 0.3) is 5.76 Å². The van der Waals surface area contributed by atoms with Crippen molar-refractivity contribution in [3.05, 3.63) is 40.4 Å². The van der Waals surface area contributed by atoms with Crippen LogP contribution in [0.3, 0.4) is 0 Å². The quantitative estimate of drug-likeness (QED) is 0.454. The number of ketones is 1. The van der Waals surface area contributed by atoms with Crippen molar-refractivity contribution in [3.8, 4) is 0 Å². The highest BCUT2D eigenvalue weighted by Gasteiger charge is 2.75. The Bertz CT molecular complexity index is 590. The molecule has 0 amide bonds. The lowest BCUT2D eigenvalue weighted by Crippen LogP contribution is -2.55. The minimum atomic E-state index is -6.62. The summed E-state index contributed by atoms with van der Waals surface area (Å²) in [5.74, 6) is -16.6. The fourth-order valence-electron chi connectivity index (χ4n) is 1.25. The Labute approximate surface area is 127 Å². The van der Waals surface area contributed by atoms with E-state index < -0.39 is 29.6 Å². The lowest BCUT2D eigenvalue weighted by Gasteiger charge is -2.26. The SMILES string of the molecule is O=C(C=C(O)c1ccc(Br)cc1)C(F)(F)C(F)(F)C(F)(F)F. The number of rotatable bonds is 4. The zero-order chi connectivity index (χ0) is 17.3. The van der Waals surface area contributed by atoms with Gasteiger partial charge in [-0.1, -0.05) is 28.1 Å². The van der Waals surface area contributed by atoms with Gasteiger partial charge in [0.15, 0.2) is 0 Å². The van der Waals surface area contributed by atoms with Crippen molar-refractivity contribution in [2.75, 3.05) is 0 Å². The maximum atomic E-state index is 13.0. The van der Waals surface area contributed by atoms with E-state index in [0.29, 0.717) is 4.47 Å². The molecule has 0 saturated heterocycles. The molecule has 1 aromatic rings. The van der Waals surface area contributed by atoms with E-state index in [9.17, 15) is 40.6 Å². The summed E-state index contributed by atoms with van der Waals surface area (Å²) in [5.41, 5.74) is -0.220. The maximum absolute atomic E-state index is 13.0. The van der Waals surface area contributed by atoms with Crippen LogP contribution in [-0.4, -0.2) is 28.9 Å². The van der Waals surface area contributed by atoms with Gasteiger partial charge in [-0.25, -0.2) is 0 Å². The summed E-state index contributed by atoms with van der Waals surface area (Å²) in [7, 11) is 0. The minimum Gasteiger partial charge on any atom is -0.507 e. The molecule has 0 heterocycles. The number of carbonyl (C=O) groups excluding carboxylic acids is 1. The number of hydrogen-bond donors (Lipinski definition) is 1. The second-order valence-corrected chi connectivity index (χ2v) is 4.96. The van der Waals surface area contributed by atoms with E-state index in [1.54, 1.807) is 0 Å². The molecule has 0 atom stereocenters. The van der Waals surface area contributed by atoms with Gasteiger partial charge in [-0.3, -0.25) is 4.79 Å². The number of aliphatic hydroxyl groups excluding tert-OH is 1. The molecule has 0 spiro atoms. The molecule has 2 nitrogen and oxygen atoms in total. The minimum absolute atomic E-state index is 0.220. The van der Waals surface area contributed by atoms with Gasteiger partial charge in [-0.15, -0.1) is 0 Å². The Morgan fingerprint density at radius 2 is 1.45 bits per heavy atom. The van der Waals surface area contributed by atoms with Crippen molar-refractivity contribution >= 4 is 27.5 Å². The van der Waals surface area contributed by atoms with Gasteiger partial charge < -0.3 is 5.11 Å². The maximum Gasteiger partial charge on any atom is 0.460 e. The first-order valence-electron chi connectivity index (χ1n) is 5.34. The van der Waals surface area contributed by atoms with Gasteiger partial charge in [0, 0.05) is 16.1 Å². The standard InChI is InChI=1S/C12H6BrF7O2/c13-7-3-1-6(2-4-7)8(21)5-9(22)10(14,15)11(16,17)12(18,19)20/h1-5,21H. The highest BCUT2D eigenvalue weighted by atomic mass is 79.9. The predicted octanol–water partition coefficient (Wildman–Crippen LogP) is 4.75. The molecule has 0 aliphatic rings. The molecular formula is C12H6BrF7O2. The molecular weight excluding hydrogens is 389 g/mol. The summed E-state index contributed by atoms with van der Waals surface area (Å²) in [4.78, 5) is 11.0. The van der Waals surface area contributed by atoms with Crippen molar-refractivity contribution < 1.29 is 40.6 Å². The lowest BCUT2D eigenvalue weighted by atomic mass is 10.0. The lowest BCUT2D eigenvalue weighted by molar-refractivity contribution is -0.342. The monoisotopic (exact) mass is 394 g/mol. The van der Waals surface area contributed by atoms with Crippen molar-refractivity contribution in [1.29, 1.82) is 0 Å². The topological polar surface area (TPSA) is 37.3 Å². The molecule has 0 unspecified atom stereocenters. The van der Waals surface area contributed by atoms with Crippen molar-refractivity contribution in [2.45, 2.75) is 18.0 Å². The number of allylic oxidation sites excluding steroid dienone is 1. The van der Waals surface area contributed by atoms with E-state index in [1.807, 2.05) is 0 Å². The van der Waals surface area contributed by atoms with Crippen molar-refractivity contribution in [1.82, 2.24) is 0 Å². The number of hydrogen-bond acceptors (Lipinski definition) is 2. The average molecular weight is 395 g/mol. The summed E-state index contributed by atoms with van der Waals surface area (Å²) in [6.07, 6.45) is -6.99. The van der Waals surface area contributed by atoms with Gasteiger partial charge in [0.2, 0.25) is 5.78 Å². The van der Waals surface area contributed by atoms with Crippen LogP contribution in [0.2, 0.25) is 0 Å². The number of carbonyl (C=O) groups is 1. The predicted molar refractivity (Wildman–Crippen MR) is 65.7 cm³/mol. The van der Waals surface area contributed by atoms with E-state index in [-0.39, 0.29) is 11.6 Å². The van der Waals surface area contributed by atoms with Crippen LogP contribution in [0, 0.1) is 0 Å². The Morgan fingerprint density at radius 3 is 1.86 bits per heavy atom. The van der Waals surface area contributed by atoms with Gasteiger partial charge in [-0.2, -0.15) is 30.7 Å². The molecule has 1 aromatic carbocycles. The molecule has 10 heteroatoms. The number of aliphatic hydroxyl groups is 1. The fourth-order valence-corrected chi connectivity index (χ4v) is 1.52.